The molecule has 138 valence electrons. The fourth-order valence-electron chi connectivity index (χ4n) is 3.65. The molecule has 3 aromatic rings. The van der Waals surface area contributed by atoms with Crippen molar-refractivity contribution in [2.45, 2.75) is 6.42 Å². The van der Waals surface area contributed by atoms with E-state index in [9.17, 15) is 9.59 Å². The summed E-state index contributed by atoms with van der Waals surface area (Å²) in [5.41, 5.74) is 2.63. The first kappa shape index (κ1) is 17.3. The molecule has 0 spiro atoms. The lowest BCUT2D eigenvalue weighted by Crippen LogP contribution is -2.51. The lowest BCUT2D eigenvalue weighted by molar-refractivity contribution is -0.131. The maximum Gasteiger partial charge on any atom is 0.272 e. The molecule has 0 atom stereocenters. The molecule has 1 aliphatic heterocycles. The number of benzene rings is 1. The van der Waals surface area contributed by atoms with Crippen molar-refractivity contribution in [2.75, 3.05) is 26.2 Å². The molecule has 1 fully saturated rings. The van der Waals surface area contributed by atoms with Crippen molar-refractivity contribution in [1.29, 1.82) is 0 Å². The Bertz CT molecular complexity index is 972. The summed E-state index contributed by atoms with van der Waals surface area (Å²) < 4.78 is 2.06. The summed E-state index contributed by atoms with van der Waals surface area (Å²) in [5, 5.41) is 1.12. The Morgan fingerprint density at radius 3 is 2.41 bits per heavy atom. The third-order valence-corrected chi connectivity index (χ3v) is 5.12. The molecule has 2 aromatic heterocycles. The van der Waals surface area contributed by atoms with Gasteiger partial charge in [-0.05, 0) is 23.8 Å². The third-order valence-electron chi connectivity index (χ3n) is 5.12. The fraction of sp³-hybridized carbons (Fsp3) is 0.286. The van der Waals surface area contributed by atoms with Gasteiger partial charge in [0.15, 0.2) is 0 Å². The highest BCUT2D eigenvalue weighted by atomic mass is 16.2. The van der Waals surface area contributed by atoms with Crippen LogP contribution in [0.3, 0.4) is 0 Å². The molecular formula is C21H22N4O2. The maximum atomic E-state index is 12.8. The Labute approximate surface area is 158 Å². The molecule has 0 aliphatic carbocycles. The number of carbonyl (C=O) groups excluding carboxylic acids is 2. The van der Waals surface area contributed by atoms with E-state index < -0.39 is 0 Å². The normalized spacial score (nSPS) is 14.6. The lowest BCUT2D eigenvalue weighted by Gasteiger charge is -2.34. The molecular weight excluding hydrogens is 340 g/mol. The van der Waals surface area contributed by atoms with E-state index in [2.05, 4.69) is 21.7 Å². The van der Waals surface area contributed by atoms with Gasteiger partial charge in [0, 0.05) is 56.5 Å². The molecule has 0 bridgehead atoms. The highest BCUT2D eigenvalue weighted by Crippen LogP contribution is 2.21. The summed E-state index contributed by atoms with van der Waals surface area (Å²) in [4.78, 5) is 33.0. The molecule has 2 amide bonds. The zero-order valence-corrected chi connectivity index (χ0v) is 15.3. The summed E-state index contributed by atoms with van der Waals surface area (Å²) in [6, 6.07) is 13.4. The zero-order chi connectivity index (χ0) is 18.8. The van der Waals surface area contributed by atoms with Gasteiger partial charge in [0.1, 0.15) is 5.69 Å². The van der Waals surface area contributed by atoms with Crippen LogP contribution in [-0.4, -0.2) is 57.3 Å². The average Bonchev–Trinajstić information content (AvgIpc) is 3.04. The minimum atomic E-state index is -0.0725. The summed E-state index contributed by atoms with van der Waals surface area (Å²) in [7, 11) is 2.00. The number of amides is 2. The smallest absolute Gasteiger partial charge is 0.272 e. The molecule has 3 heterocycles. The highest BCUT2D eigenvalue weighted by Gasteiger charge is 2.25. The number of hydrogen-bond acceptors (Lipinski definition) is 3. The van der Waals surface area contributed by atoms with Crippen LogP contribution in [-0.2, 0) is 18.3 Å². The Hall–Kier alpha value is -3.15. The van der Waals surface area contributed by atoms with Crippen molar-refractivity contribution in [3.05, 3.63) is 66.1 Å². The topological polar surface area (TPSA) is 58.4 Å². The second-order valence-electron chi connectivity index (χ2n) is 6.85. The predicted molar refractivity (Wildman–Crippen MR) is 103 cm³/mol. The molecule has 0 unspecified atom stereocenters. The van der Waals surface area contributed by atoms with E-state index in [1.165, 1.54) is 0 Å². The van der Waals surface area contributed by atoms with Crippen molar-refractivity contribution in [1.82, 2.24) is 19.4 Å². The number of nitrogens with zero attached hydrogens (tertiary/aromatic N) is 4. The average molecular weight is 362 g/mol. The van der Waals surface area contributed by atoms with E-state index >= 15 is 0 Å². The van der Waals surface area contributed by atoms with Gasteiger partial charge < -0.3 is 14.4 Å². The van der Waals surface area contributed by atoms with Crippen molar-refractivity contribution >= 4 is 22.7 Å². The number of pyridine rings is 1. The number of aromatic nitrogens is 2. The molecule has 1 aromatic carbocycles. The van der Waals surface area contributed by atoms with E-state index in [1.807, 2.05) is 36.3 Å². The Balaban J connectivity index is 1.39. The first-order valence-electron chi connectivity index (χ1n) is 9.14. The standard InChI is InChI=1S/C21H22N4O2/c1-23-15-16(17-6-2-3-8-19(17)23)14-20(26)24-10-12-25(13-11-24)21(27)18-7-4-5-9-22-18/h2-9,15H,10-14H2,1H3. The number of aryl methyl sites for hydroxylation is 1. The van der Waals surface area contributed by atoms with Gasteiger partial charge in [-0.15, -0.1) is 0 Å². The Morgan fingerprint density at radius 2 is 1.67 bits per heavy atom. The highest BCUT2D eigenvalue weighted by molar-refractivity contribution is 5.93. The number of piperazine rings is 1. The first-order chi connectivity index (χ1) is 13.1. The molecule has 6 nitrogen and oxygen atoms in total. The van der Waals surface area contributed by atoms with Gasteiger partial charge in [-0.2, -0.15) is 0 Å². The molecule has 0 radical (unpaired) electrons. The van der Waals surface area contributed by atoms with Crippen LogP contribution in [0.4, 0.5) is 0 Å². The van der Waals surface area contributed by atoms with Crippen molar-refractivity contribution in [3.8, 4) is 0 Å². The van der Waals surface area contributed by atoms with Gasteiger partial charge in [0.25, 0.3) is 5.91 Å². The molecule has 4 rings (SSSR count). The minimum Gasteiger partial charge on any atom is -0.350 e. The molecule has 0 saturated carbocycles. The second kappa shape index (κ2) is 7.23. The molecule has 1 aliphatic rings. The van der Waals surface area contributed by atoms with Gasteiger partial charge >= 0.3 is 0 Å². The lowest BCUT2D eigenvalue weighted by atomic mass is 10.1. The number of carbonyl (C=O) groups is 2. The van der Waals surface area contributed by atoms with Crippen LogP contribution >= 0.6 is 0 Å². The third kappa shape index (κ3) is 3.43. The van der Waals surface area contributed by atoms with Crippen molar-refractivity contribution in [3.63, 3.8) is 0 Å². The van der Waals surface area contributed by atoms with Gasteiger partial charge in [0.05, 0.1) is 6.42 Å². The van der Waals surface area contributed by atoms with Crippen LogP contribution in [0.1, 0.15) is 16.1 Å². The van der Waals surface area contributed by atoms with E-state index in [0.29, 0.717) is 38.3 Å². The van der Waals surface area contributed by atoms with Gasteiger partial charge in [-0.3, -0.25) is 14.6 Å². The van der Waals surface area contributed by atoms with E-state index in [1.54, 1.807) is 23.2 Å². The molecule has 6 heteroatoms. The first-order valence-corrected chi connectivity index (χ1v) is 9.14. The number of rotatable bonds is 3. The van der Waals surface area contributed by atoms with Crippen LogP contribution in [0.25, 0.3) is 10.9 Å². The molecule has 1 saturated heterocycles. The monoisotopic (exact) mass is 362 g/mol. The van der Waals surface area contributed by atoms with Gasteiger partial charge in [-0.25, -0.2) is 0 Å². The van der Waals surface area contributed by atoms with Crippen molar-refractivity contribution < 1.29 is 9.59 Å². The maximum absolute atomic E-state index is 12.8. The van der Waals surface area contributed by atoms with Gasteiger partial charge in [-0.1, -0.05) is 24.3 Å². The molecule has 0 N–H and O–H groups in total. The van der Waals surface area contributed by atoms with Gasteiger partial charge in [0.2, 0.25) is 5.91 Å². The summed E-state index contributed by atoms with van der Waals surface area (Å²) in [5.74, 6) is 0.0352. The largest absolute Gasteiger partial charge is 0.350 e. The SMILES string of the molecule is Cn1cc(CC(=O)N2CCN(C(=O)c3ccccn3)CC2)c2ccccc21. The van der Waals surface area contributed by atoms with E-state index in [0.717, 1.165) is 16.5 Å². The van der Waals surface area contributed by atoms with Crippen LogP contribution in [0.15, 0.2) is 54.9 Å². The molecule has 27 heavy (non-hydrogen) atoms. The zero-order valence-electron chi connectivity index (χ0n) is 15.3. The minimum absolute atomic E-state index is 0.0725. The second-order valence-corrected chi connectivity index (χ2v) is 6.85. The Morgan fingerprint density at radius 1 is 0.963 bits per heavy atom. The fourth-order valence-corrected chi connectivity index (χ4v) is 3.65. The summed E-state index contributed by atoms with van der Waals surface area (Å²) >= 11 is 0. The van der Waals surface area contributed by atoms with E-state index in [4.69, 9.17) is 0 Å². The quantitative estimate of drug-likeness (QED) is 0.717. The number of para-hydroxylation sites is 1. The van der Waals surface area contributed by atoms with E-state index in [-0.39, 0.29) is 11.8 Å². The number of fused-ring (bicyclic) bond motifs is 1. The summed E-state index contributed by atoms with van der Waals surface area (Å²) in [6.07, 6.45) is 4.04. The van der Waals surface area contributed by atoms with Crippen LogP contribution in [0, 0.1) is 0 Å². The van der Waals surface area contributed by atoms with Crippen LogP contribution in [0.2, 0.25) is 0 Å². The predicted octanol–water partition coefficient (Wildman–Crippen LogP) is 2.10. The number of hydrogen-bond donors (Lipinski definition) is 0. The van der Waals surface area contributed by atoms with Crippen LogP contribution < -0.4 is 0 Å². The summed E-state index contributed by atoms with van der Waals surface area (Å²) in [6.45, 7) is 2.19. The van der Waals surface area contributed by atoms with Crippen LogP contribution in [0.5, 0.6) is 0 Å². The van der Waals surface area contributed by atoms with Crippen molar-refractivity contribution in [2.24, 2.45) is 7.05 Å². The Kier molecular flexibility index (Phi) is 4.62.